The van der Waals surface area contributed by atoms with E-state index < -0.39 is 22.5 Å². The Bertz CT molecular complexity index is 867. The first kappa shape index (κ1) is 40.8. The molecule has 0 aromatic heterocycles. The molecule has 8 nitrogen and oxygen atoms in total. The van der Waals surface area contributed by atoms with Crippen molar-refractivity contribution in [2.75, 3.05) is 33.0 Å². The van der Waals surface area contributed by atoms with Crippen LogP contribution in [0.1, 0.15) is 135 Å². The number of hydrogen-bond donors (Lipinski definition) is 1. The van der Waals surface area contributed by atoms with Crippen molar-refractivity contribution in [1.29, 1.82) is 0 Å². The Kier molecular flexibility index (Phi) is 16.3. The molecule has 0 aliphatic carbocycles. The third kappa shape index (κ3) is 12.9. The number of aliphatic hydroxyl groups is 1. The van der Waals surface area contributed by atoms with Crippen LogP contribution in [-0.4, -0.2) is 84.3 Å². The van der Waals surface area contributed by atoms with Gasteiger partial charge in [0.2, 0.25) is 5.91 Å². The van der Waals surface area contributed by atoms with Gasteiger partial charge >= 0.3 is 5.97 Å². The summed E-state index contributed by atoms with van der Waals surface area (Å²) in [5.41, 5.74) is -1.59. The highest BCUT2D eigenvalue weighted by Crippen LogP contribution is 2.45. The van der Waals surface area contributed by atoms with Crippen LogP contribution in [0.5, 0.6) is 0 Å². The molecule has 1 rings (SSSR count). The lowest BCUT2D eigenvalue weighted by molar-refractivity contribution is -0.180. The molecule has 8 heteroatoms. The van der Waals surface area contributed by atoms with Crippen LogP contribution in [-0.2, 0) is 28.5 Å². The van der Waals surface area contributed by atoms with Crippen molar-refractivity contribution in [2.24, 2.45) is 22.7 Å². The maximum atomic E-state index is 13.2. The molecule has 4 atom stereocenters. The highest BCUT2D eigenvalue weighted by Gasteiger charge is 2.48. The number of ether oxygens (including phenoxy) is 4. The normalized spacial score (nSPS) is 18.6. The molecule has 1 fully saturated rings. The Hall–Kier alpha value is -1.22. The number of carbonyl (C=O) groups is 2. The first-order chi connectivity index (χ1) is 20.2. The van der Waals surface area contributed by atoms with Crippen molar-refractivity contribution in [2.45, 2.75) is 164 Å². The van der Waals surface area contributed by atoms with E-state index in [9.17, 15) is 14.7 Å². The summed E-state index contributed by atoms with van der Waals surface area (Å²) in [7, 11) is 0. The van der Waals surface area contributed by atoms with Gasteiger partial charge in [0.1, 0.15) is 6.10 Å². The molecule has 0 spiro atoms. The molecule has 0 aromatic rings. The zero-order valence-corrected chi connectivity index (χ0v) is 30.7. The fourth-order valence-corrected chi connectivity index (χ4v) is 6.32. The maximum Gasteiger partial charge on any atom is 0.302 e. The van der Waals surface area contributed by atoms with E-state index in [1.54, 1.807) is 0 Å². The van der Waals surface area contributed by atoms with Crippen LogP contribution in [0.3, 0.4) is 0 Å². The number of likely N-dealkylation sites (tertiary alicyclic amines) is 1. The van der Waals surface area contributed by atoms with Gasteiger partial charge in [-0.25, -0.2) is 0 Å². The number of amides is 1. The van der Waals surface area contributed by atoms with Crippen LogP contribution in [0.4, 0.5) is 0 Å². The number of rotatable bonds is 20. The number of esters is 1. The molecule has 1 amide bonds. The average Bonchev–Trinajstić information content (AvgIpc) is 3.11. The molecule has 0 aromatic carbocycles. The van der Waals surface area contributed by atoms with Gasteiger partial charge in [-0.1, -0.05) is 61.8 Å². The lowest BCUT2D eigenvalue weighted by atomic mass is 9.65. The molecule has 1 heterocycles. The van der Waals surface area contributed by atoms with E-state index >= 15 is 0 Å². The summed E-state index contributed by atoms with van der Waals surface area (Å²) in [5.74, 6) is 0.227. The van der Waals surface area contributed by atoms with Gasteiger partial charge in [-0.2, -0.15) is 0 Å². The molecule has 1 saturated heterocycles. The molecular formula is C36H69NO7. The highest BCUT2D eigenvalue weighted by atomic mass is 16.6. The molecule has 4 unspecified atom stereocenters. The summed E-state index contributed by atoms with van der Waals surface area (Å²) in [6.07, 6.45) is 5.06. The average molecular weight is 628 g/mol. The van der Waals surface area contributed by atoms with E-state index in [2.05, 4.69) is 88.0 Å². The second kappa shape index (κ2) is 17.6. The molecule has 44 heavy (non-hydrogen) atoms. The zero-order chi connectivity index (χ0) is 33.9. The van der Waals surface area contributed by atoms with Crippen LogP contribution >= 0.6 is 0 Å². The quantitative estimate of drug-likeness (QED) is 0.113. The fourth-order valence-electron chi connectivity index (χ4n) is 6.32. The number of nitrogens with zero attached hydrogens (tertiary/aromatic N) is 1. The molecular weight excluding hydrogens is 558 g/mol. The van der Waals surface area contributed by atoms with Gasteiger partial charge in [-0.15, -0.1) is 0 Å². The minimum absolute atomic E-state index is 0.0306. The Morgan fingerprint density at radius 3 is 2.11 bits per heavy atom. The van der Waals surface area contributed by atoms with Gasteiger partial charge in [0.15, 0.2) is 0 Å². The van der Waals surface area contributed by atoms with E-state index in [1.165, 1.54) is 6.92 Å². The fraction of sp³-hybridized carbons (Fsp3) is 0.944. The Morgan fingerprint density at radius 2 is 1.57 bits per heavy atom. The molecule has 1 N–H and O–H groups in total. The largest absolute Gasteiger partial charge is 0.462 e. The molecule has 0 radical (unpaired) electrons. The number of aliphatic hydroxyl groups excluding tert-OH is 1. The van der Waals surface area contributed by atoms with E-state index in [4.69, 9.17) is 18.9 Å². The minimum Gasteiger partial charge on any atom is -0.462 e. The second-order valence-corrected chi connectivity index (χ2v) is 15.9. The molecule has 1 aliphatic heterocycles. The third-order valence-electron chi connectivity index (χ3n) is 10.1. The summed E-state index contributed by atoms with van der Waals surface area (Å²) in [6.45, 7) is 29.0. The van der Waals surface area contributed by atoms with Crippen molar-refractivity contribution in [1.82, 2.24) is 4.90 Å². The summed E-state index contributed by atoms with van der Waals surface area (Å²) >= 11 is 0. The van der Waals surface area contributed by atoms with Crippen molar-refractivity contribution in [3.8, 4) is 0 Å². The summed E-state index contributed by atoms with van der Waals surface area (Å²) in [6, 6.07) is 0.0306. The van der Waals surface area contributed by atoms with Crippen LogP contribution in [0.2, 0.25) is 0 Å². The monoisotopic (exact) mass is 628 g/mol. The lowest BCUT2D eigenvalue weighted by Crippen LogP contribution is -2.54. The molecule has 260 valence electrons. The summed E-state index contributed by atoms with van der Waals surface area (Å²) < 4.78 is 25.0. The van der Waals surface area contributed by atoms with Gasteiger partial charge in [0.05, 0.1) is 43.7 Å². The van der Waals surface area contributed by atoms with Gasteiger partial charge in [0.25, 0.3) is 0 Å². The van der Waals surface area contributed by atoms with E-state index in [1.807, 2.05) is 0 Å². The van der Waals surface area contributed by atoms with E-state index in [0.29, 0.717) is 32.5 Å². The first-order valence-electron chi connectivity index (χ1n) is 17.2. The molecule has 0 bridgehead atoms. The summed E-state index contributed by atoms with van der Waals surface area (Å²) in [5, 5.41) is 9.42. The van der Waals surface area contributed by atoms with Gasteiger partial charge in [-0.3, -0.25) is 9.59 Å². The minimum atomic E-state index is -0.496. The lowest BCUT2D eigenvalue weighted by Gasteiger charge is -2.49. The molecule has 1 aliphatic rings. The summed E-state index contributed by atoms with van der Waals surface area (Å²) in [4.78, 5) is 27.9. The van der Waals surface area contributed by atoms with Crippen LogP contribution in [0, 0.1) is 22.7 Å². The van der Waals surface area contributed by atoms with Gasteiger partial charge < -0.3 is 29.0 Å². The number of hydrogen-bond acceptors (Lipinski definition) is 7. The van der Waals surface area contributed by atoms with E-state index in [-0.39, 0.29) is 54.7 Å². The van der Waals surface area contributed by atoms with Crippen LogP contribution < -0.4 is 0 Å². The first-order valence-corrected chi connectivity index (χ1v) is 17.2. The van der Waals surface area contributed by atoms with Gasteiger partial charge in [0, 0.05) is 31.3 Å². The van der Waals surface area contributed by atoms with Gasteiger partial charge in [-0.05, 0) is 77.0 Å². The van der Waals surface area contributed by atoms with Crippen molar-refractivity contribution in [3.63, 3.8) is 0 Å². The predicted molar refractivity (Wildman–Crippen MR) is 177 cm³/mol. The second-order valence-electron chi connectivity index (χ2n) is 15.9. The zero-order valence-electron chi connectivity index (χ0n) is 30.7. The SMILES string of the molecule is CCC(C)(C)OCCC(C)(C)OC(COCCO)C(C)(C)CC(OC(C)=O)C(C)(C)C(C)C(C(C)C)N1CCCCCC1=O. The van der Waals surface area contributed by atoms with E-state index in [0.717, 1.165) is 32.2 Å². The van der Waals surface area contributed by atoms with Crippen LogP contribution in [0.15, 0.2) is 0 Å². The number of carbonyl (C=O) groups excluding carboxylic acids is 2. The topological polar surface area (TPSA) is 94.5 Å². The maximum absolute atomic E-state index is 13.2. The van der Waals surface area contributed by atoms with Crippen LogP contribution in [0.25, 0.3) is 0 Å². The van der Waals surface area contributed by atoms with Crippen molar-refractivity contribution < 1.29 is 33.6 Å². The smallest absolute Gasteiger partial charge is 0.302 e. The standard InChI is InChI=1S/C36H69NO7/c1-14-34(8,9)42-22-19-35(10,11)44-30(25-41-23-21-38)33(6,7)24-29(43-28(5)39)36(12,13)27(4)32(26(2)3)37-20-17-15-16-18-31(37)40/h26-27,29-30,32,38H,14-25H2,1-13H3. The van der Waals surface area contributed by atoms with Crippen molar-refractivity contribution in [3.05, 3.63) is 0 Å². The highest BCUT2D eigenvalue weighted by molar-refractivity contribution is 5.76. The Balaban J connectivity index is 3.34. The predicted octanol–water partition coefficient (Wildman–Crippen LogP) is 7.19. The molecule has 0 saturated carbocycles. The Labute approximate surface area is 270 Å². The third-order valence-corrected chi connectivity index (χ3v) is 10.1. The Morgan fingerprint density at radius 1 is 0.932 bits per heavy atom. The van der Waals surface area contributed by atoms with Crippen molar-refractivity contribution >= 4 is 11.9 Å².